The Bertz CT molecular complexity index is 1020. The maximum Gasteiger partial charge on any atom is 0.322 e. The molecule has 2 aromatic rings. The summed E-state index contributed by atoms with van der Waals surface area (Å²) in [5.74, 6) is 0.0252. The molecule has 3 heterocycles. The van der Waals surface area contributed by atoms with E-state index in [9.17, 15) is 14.4 Å². The second-order valence-corrected chi connectivity index (χ2v) is 8.45. The number of nitrogens with one attached hydrogen (secondary N) is 2. The van der Waals surface area contributed by atoms with E-state index in [1.54, 1.807) is 24.0 Å². The molecule has 4 rings (SSSR count). The smallest absolute Gasteiger partial charge is 0.322 e. The fraction of sp³-hybridized carbons (Fsp3) is 0.429. The molecule has 2 atom stereocenters. The Morgan fingerprint density at radius 2 is 2.17 bits per heavy atom. The van der Waals surface area contributed by atoms with E-state index in [0.717, 1.165) is 6.42 Å². The number of halogens is 1. The third-order valence-electron chi connectivity index (χ3n) is 6.00. The first-order valence-corrected chi connectivity index (χ1v) is 10.4. The lowest BCUT2D eigenvalue weighted by atomic mass is 9.91. The van der Waals surface area contributed by atoms with Gasteiger partial charge in [0.25, 0.3) is 5.91 Å². The Labute approximate surface area is 179 Å². The van der Waals surface area contributed by atoms with Crippen molar-refractivity contribution < 1.29 is 14.4 Å². The highest BCUT2D eigenvalue weighted by Crippen LogP contribution is 2.31. The molecule has 8 nitrogen and oxygen atoms in total. The van der Waals surface area contributed by atoms with E-state index >= 15 is 0 Å². The van der Waals surface area contributed by atoms with Crippen LogP contribution in [0.3, 0.4) is 0 Å². The molecule has 9 heteroatoms. The third-order valence-corrected chi connectivity index (χ3v) is 6.23. The molecule has 0 saturated carbocycles. The highest BCUT2D eigenvalue weighted by molar-refractivity contribution is 6.30. The normalized spacial score (nSPS) is 23.6. The molecule has 0 radical (unpaired) electrons. The Morgan fingerprint density at radius 3 is 2.83 bits per heavy atom. The topological polar surface area (TPSA) is 96.3 Å². The van der Waals surface area contributed by atoms with Crippen LogP contribution in [0.4, 0.5) is 4.79 Å². The number of hydrogen-bond acceptors (Lipinski definition) is 4. The maximum atomic E-state index is 13.1. The van der Waals surface area contributed by atoms with Crippen molar-refractivity contribution in [1.82, 2.24) is 25.1 Å². The molecule has 0 spiro atoms. The van der Waals surface area contributed by atoms with Crippen molar-refractivity contribution in [3.8, 4) is 0 Å². The molecule has 158 valence electrons. The summed E-state index contributed by atoms with van der Waals surface area (Å²) >= 11 is 6.16. The predicted molar refractivity (Wildman–Crippen MR) is 111 cm³/mol. The summed E-state index contributed by atoms with van der Waals surface area (Å²) in [6.07, 6.45) is 4.28. The second-order valence-electron chi connectivity index (χ2n) is 8.01. The molecule has 2 aliphatic heterocycles. The zero-order valence-corrected chi connectivity index (χ0v) is 17.7. The van der Waals surface area contributed by atoms with Crippen molar-refractivity contribution in [3.05, 3.63) is 52.6 Å². The van der Waals surface area contributed by atoms with E-state index in [1.165, 1.54) is 11.1 Å². The van der Waals surface area contributed by atoms with Crippen molar-refractivity contribution in [2.24, 2.45) is 7.05 Å². The molecule has 30 heavy (non-hydrogen) atoms. The predicted octanol–water partition coefficient (Wildman–Crippen LogP) is 2.08. The largest absolute Gasteiger partial charge is 0.342 e. The van der Waals surface area contributed by atoms with Crippen molar-refractivity contribution in [2.75, 3.05) is 13.1 Å². The molecule has 1 saturated heterocycles. The maximum absolute atomic E-state index is 13.1. The van der Waals surface area contributed by atoms with Gasteiger partial charge in [0.2, 0.25) is 5.91 Å². The molecule has 0 bridgehead atoms. The fourth-order valence-electron chi connectivity index (χ4n) is 4.42. The van der Waals surface area contributed by atoms with Gasteiger partial charge < -0.3 is 14.8 Å². The number of nitrogens with zero attached hydrogens (tertiary/aromatic N) is 3. The average molecular weight is 430 g/mol. The van der Waals surface area contributed by atoms with Gasteiger partial charge in [-0.25, -0.2) is 9.78 Å². The molecule has 4 amide bonds. The van der Waals surface area contributed by atoms with E-state index in [1.807, 2.05) is 23.1 Å². The van der Waals surface area contributed by atoms with Crippen molar-refractivity contribution in [3.63, 3.8) is 0 Å². The number of carbonyl (C=O) groups excluding carboxylic acids is 3. The van der Waals surface area contributed by atoms with E-state index in [2.05, 4.69) is 22.5 Å². The van der Waals surface area contributed by atoms with Gasteiger partial charge in [0.1, 0.15) is 5.82 Å². The first-order valence-electron chi connectivity index (χ1n) is 9.97. The lowest BCUT2D eigenvalue weighted by molar-refractivity contribution is -0.132. The average Bonchev–Trinajstić information content (AvgIpc) is 3.21. The van der Waals surface area contributed by atoms with Crippen LogP contribution in [-0.4, -0.2) is 45.4 Å². The molecule has 1 fully saturated rings. The number of urea groups is 1. The van der Waals surface area contributed by atoms with Gasteiger partial charge in [-0.1, -0.05) is 24.6 Å². The summed E-state index contributed by atoms with van der Waals surface area (Å²) < 4.78 is 1.68. The minimum Gasteiger partial charge on any atom is -0.342 e. The molecule has 2 aliphatic rings. The van der Waals surface area contributed by atoms with Gasteiger partial charge in [-0.3, -0.25) is 14.9 Å². The van der Waals surface area contributed by atoms with Gasteiger partial charge >= 0.3 is 6.03 Å². The van der Waals surface area contributed by atoms with E-state index in [-0.39, 0.29) is 24.7 Å². The SMILES string of the molecule is C[C@H]1CN(C(=O)CC[C@]2(c3nccn3C)NC(=O)NC2=O)CCc2ccc(Cl)cc21. The lowest BCUT2D eigenvalue weighted by Crippen LogP contribution is -2.47. The number of aromatic nitrogens is 2. The molecule has 0 unspecified atom stereocenters. The summed E-state index contributed by atoms with van der Waals surface area (Å²) in [6.45, 7) is 3.27. The monoisotopic (exact) mass is 429 g/mol. The number of amides is 4. The zero-order valence-electron chi connectivity index (χ0n) is 16.9. The van der Waals surface area contributed by atoms with Gasteiger partial charge in [-0.15, -0.1) is 0 Å². The van der Waals surface area contributed by atoms with Crippen LogP contribution in [0.25, 0.3) is 0 Å². The van der Waals surface area contributed by atoms with E-state index in [0.29, 0.717) is 23.9 Å². The Morgan fingerprint density at radius 1 is 1.37 bits per heavy atom. The standard InChI is InChI=1S/C21H24ClN5O3/c1-13-12-27(9-6-14-3-4-15(22)11-16(13)14)17(28)5-7-21(18-23-8-10-26(18)2)19(29)24-20(30)25-21/h3-4,8,10-11,13H,5-7,9,12H2,1-2H3,(H2,24,25,29,30)/t13-,21+/m0/s1. The number of aryl methyl sites for hydroxylation is 1. The quantitative estimate of drug-likeness (QED) is 0.727. The highest BCUT2D eigenvalue weighted by atomic mass is 35.5. The Hall–Kier alpha value is -2.87. The van der Waals surface area contributed by atoms with Crippen LogP contribution in [0.2, 0.25) is 5.02 Å². The number of imide groups is 1. The van der Waals surface area contributed by atoms with Gasteiger partial charge in [-0.2, -0.15) is 0 Å². The summed E-state index contributed by atoms with van der Waals surface area (Å²) in [5.41, 5.74) is 1.03. The number of imidazole rings is 1. The van der Waals surface area contributed by atoms with Crippen LogP contribution in [0.15, 0.2) is 30.6 Å². The second kappa shape index (κ2) is 7.75. The molecular formula is C21H24ClN5O3. The summed E-state index contributed by atoms with van der Waals surface area (Å²) in [4.78, 5) is 43.7. The molecule has 2 N–H and O–H groups in total. The van der Waals surface area contributed by atoms with Crippen molar-refractivity contribution in [2.45, 2.75) is 37.6 Å². The van der Waals surface area contributed by atoms with Crippen LogP contribution < -0.4 is 10.6 Å². The number of fused-ring (bicyclic) bond motifs is 1. The summed E-state index contributed by atoms with van der Waals surface area (Å²) in [5, 5.41) is 5.67. The van der Waals surface area contributed by atoms with Gasteiger partial charge in [0.05, 0.1) is 0 Å². The van der Waals surface area contributed by atoms with Crippen molar-refractivity contribution >= 4 is 29.4 Å². The number of carbonyl (C=O) groups is 3. The van der Waals surface area contributed by atoms with Gasteiger partial charge in [0, 0.05) is 44.0 Å². The van der Waals surface area contributed by atoms with Crippen molar-refractivity contribution in [1.29, 1.82) is 0 Å². The van der Waals surface area contributed by atoms with Crippen LogP contribution in [0, 0.1) is 0 Å². The van der Waals surface area contributed by atoms with E-state index < -0.39 is 17.5 Å². The van der Waals surface area contributed by atoms with E-state index in [4.69, 9.17) is 11.6 Å². The fourth-order valence-corrected chi connectivity index (χ4v) is 4.60. The number of hydrogen-bond donors (Lipinski definition) is 2. The van der Waals surface area contributed by atoms with Gasteiger partial charge in [-0.05, 0) is 42.0 Å². The number of benzene rings is 1. The van der Waals surface area contributed by atoms with Crippen LogP contribution >= 0.6 is 11.6 Å². The number of rotatable bonds is 4. The first kappa shape index (κ1) is 20.4. The minimum atomic E-state index is -1.35. The molecule has 1 aromatic carbocycles. The summed E-state index contributed by atoms with van der Waals surface area (Å²) in [6, 6.07) is 5.30. The minimum absolute atomic E-state index is 0.0525. The lowest BCUT2D eigenvalue weighted by Gasteiger charge is -2.28. The van der Waals surface area contributed by atoms with Crippen LogP contribution in [-0.2, 0) is 28.6 Å². The van der Waals surface area contributed by atoms with Crippen LogP contribution in [0.1, 0.15) is 42.6 Å². The molecule has 1 aromatic heterocycles. The van der Waals surface area contributed by atoms with Gasteiger partial charge in [0.15, 0.2) is 5.54 Å². The molecular weight excluding hydrogens is 406 g/mol. The Balaban J connectivity index is 1.50. The third kappa shape index (κ3) is 3.56. The molecule has 0 aliphatic carbocycles. The zero-order chi connectivity index (χ0) is 21.5. The van der Waals surface area contributed by atoms with Crippen LogP contribution in [0.5, 0.6) is 0 Å². The summed E-state index contributed by atoms with van der Waals surface area (Å²) in [7, 11) is 1.75. The first-order chi connectivity index (χ1) is 14.3. The Kier molecular flexibility index (Phi) is 5.27. The highest BCUT2D eigenvalue weighted by Gasteiger charge is 2.50.